The molecule has 0 aliphatic heterocycles. The number of hydrogen-bond acceptors (Lipinski definition) is 3. The monoisotopic (exact) mass is 224 g/mol. The molecule has 1 amide bonds. The van der Waals surface area contributed by atoms with Crippen LogP contribution < -0.4 is 5.32 Å². The fourth-order valence-electron chi connectivity index (χ4n) is 2.18. The van der Waals surface area contributed by atoms with E-state index >= 15 is 0 Å². The van der Waals surface area contributed by atoms with Crippen LogP contribution in [0.4, 0.5) is 0 Å². The first kappa shape index (κ1) is 13.0. The van der Waals surface area contributed by atoms with Crippen LogP contribution in [0.1, 0.15) is 25.7 Å². The standard InChI is InChI=1S/C12H20N2O2/c1-2-7-13-10-12(16)14(8-9-15)11-5-3-4-6-11/h1,11,13,15H,3-10H2. The first-order valence-corrected chi connectivity index (χ1v) is 5.84. The zero-order valence-corrected chi connectivity index (χ0v) is 9.61. The van der Waals surface area contributed by atoms with Crippen molar-refractivity contribution in [3.63, 3.8) is 0 Å². The molecule has 1 aliphatic rings. The number of nitrogens with zero attached hydrogens (tertiary/aromatic N) is 1. The molecule has 1 rings (SSSR count). The zero-order chi connectivity index (χ0) is 11.8. The maximum absolute atomic E-state index is 11.9. The highest BCUT2D eigenvalue weighted by atomic mass is 16.3. The Balaban J connectivity index is 2.41. The molecule has 16 heavy (non-hydrogen) atoms. The summed E-state index contributed by atoms with van der Waals surface area (Å²) in [5, 5.41) is 11.9. The van der Waals surface area contributed by atoms with Gasteiger partial charge in [0.2, 0.25) is 5.91 Å². The average molecular weight is 224 g/mol. The molecule has 90 valence electrons. The highest BCUT2D eigenvalue weighted by molar-refractivity contribution is 5.78. The Bertz CT molecular complexity index is 254. The molecule has 0 saturated heterocycles. The van der Waals surface area contributed by atoms with Gasteiger partial charge in [0.05, 0.1) is 19.7 Å². The molecule has 0 atom stereocenters. The number of rotatable bonds is 6. The molecule has 2 N–H and O–H groups in total. The summed E-state index contributed by atoms with van der Waals surface area (Å²) in [5.74, 6) is 2.47. The normalized spacial score (nSPS) is 16.0. The summed E-state index contributed by atoms with van der Waals surface area (Å²) in [6.07, 6.45) is 9.56. The molecule has 4 nitrogen and oxygen atoms in total. The van der Waals surface area contributed by atoms with Crippen LogP contribution >= 0.6 is 0 Å². The molecule has 1 fully saturated rings. The molecule has 0 heterocycles. The van der Waals surface area contributed by atoms with Gasteiger partial charge in [-0.1, -0.05) is 18.8 Å². The highest BCUT2D eigenvalue weighted by Crippen LogP contribution is 2.23. The molecular weight excluding hydrogens is 204 g/mol. The van der Waals surface area contributed by atoms with E-state index in [1.54, 1.807) is 4.90 Å². The SMILES string of the molecule is C#CCNCC(=O)N(CCO)C1CCCC1. The third-order valence-corrected chi connectivity index (χ3v) is 2.93. The van der Waals surface area contributed by atoms with Crippen LogP contribution in [0, 0.1) is 12.3 Å². The van der Waals surface area contributed by atoms with E-state index in [2.05, 4.69) is 11.2 Å². The van der Waals surface area contributed by atoms with E-state index < -0.39 is 0 Å². The fraction of sp³-hybridized carbons (Fsp3) is 0.750. The molecule has 0 bridgehead atoms. The second-order valence-electron chi connectivity index (χ2n) is 4.06. The van der Waals surface area contributed by atoms with Gasteiger partial charge in [-0.2, -0.15) is 0 Å². The molecular formula is C12H20N2O2. The second kappa shape index (κ2) is 7.26. The van der Waals surface area contributed by atoms with E-state index in [-0.39, 0.29) is 19.1 Å². The van der Waals surface area contributed by atoms with Gasteiger partial charge >= 0.3 is 0 Å². The predicted molar refractivity (Wildman–Crippen MR) is 62.8 cm³/mol. The number of hydrogen-bond donors (Lipinski definition) is 2. The first-order chi connectivity index (χ1) is 7.79. The molecule has 0 aromatic rings. The van der Waals surface area contributed by atoms with Crippen LogP contribution in [-0.2, 0) is 4.79 Å². The summed E-state index contributed by atoms with van der Waals surface area (Å²) in [4.78, 5) is 13.7. The van der Waals surface area contributed by atoms with Gasteiger partial charge in [0.1, 0.15) is 0 Å². The third-order valence-electron chi connectivity index (χ3n) is 2.93. The molecule has 0 radical (unpaired) electrons. The largest absolute Gasteiger partial charge is 0.395 e. The van der Waals surface area contributed by atoms with Crippen LogP contribution in [0.3, 0.4) is 0 Å². The summed E-state index contributed by atoms with van der Waals surface area (Å²) >= 11 is 0. The highest BCUT2D eigenvalue weighted by Gasteiger charge is 2.25. The summed E-state index contributed by atoms with van der Waals surface area (Å²) < 4.78 is 0. The smallest absolute Gasteiger partial charge is 0.236 e. The quantitative estimate of drug-likeness (QED) is 0.492. The lowest BCUT2D eigenvalue weighted by molar-refractivity contribution is -0.133. The number of amides is 1. The van der Waals surface area contributed by atoms with E-state index in [9.17, 15) is 4.79 Å². The van der Waals surface area contributed by atoms with Gasteiger partial charge in [0.25, 0.3) is 0 Å². The van der Waals surface area contributed by atoms with Gasteiger partial charge in [0.15, 0.2) is 0 Å². The fourth-order valence-corrected chi connectivity index (χ4v) is 2.18. The average Bonchev–Trinajstić information content (AvgIpc) is 2.79. The summed E-state index contributed by atoms with van der Waals surface area (Å²) in [5.41, 5.74) is 0. The van der Waals surface area contributed by atoms with Crippen molar-refractivity contribution < 1.29 is 9.90 Å². The molecule has 0 unspecified atom stereocenters. The van der Waals surface area contributed by atoms with Crippen LogP contribution in [-0.4, -0.2) is 48.2 Å². The second-order valence-corrected chi connectivity index (χ2v) is 4.06. The van der Waals surface area contributed by atoms with Crippen molar-refractivity contribution in [2.45, 2.75) is 31.7 Å². The van der Waals surface area contributed by atoms with Crippen molar-refractivity contribution in [1.29, 1.82) is 0 Å². The van der Waals surface area contributed by atoms with Crippen LogP contribution in [0.15, 0.2) is 0 Å². The van der Waals surface area contributed by atoms with Crippen LogP contribution in [0.25, 0.3) is 0 Å². The zero-order valence-electron chi connectivity index (χ0n) is 9.61. The topological polar surface area (TPSA) is 52.6 Å². The maximum atomic E-state index is 11.9. The predicted octanol–water partition coefficient (Wildman–Crippen LogP) is -0.0273. The Morgan fingerprint density at radius 3 is 2.75 bits per heavy atom. The van der Waals surface area contributed by atoms with Gasteiger partial charge in [-0.3, -0.25) is 10.1 Å². The van der Waals surface area contributed by atoms with Gasteiger partial charge in [-0.05, 0) is 12.8 Å². The molecule has 0 aromatic heterocycles. The van der Waals surface area contributed by atoms with E-state index in [0.29, 0.717) is 19.1 Å². The van der Waals surface area contributed by atoms with Gasteiger partial charge < -0.3 is 10.0 Å². The number of nitrogens with one attached hydrogen (secondary N) is 1. The minimum absolute atomic E-state index is 0.0252. The summed E-state index contributed by atoms with van der Waals surface area (Å²) in [6.45, 7) is 1.13. The Labute approximate surface area is 97.0 Å². The van der Waals surface area contributed by atoms with E-state index in [4.69, 9.17) is 11.5 Å². The number of carbonyl (C=O) groups excluding carboxylic acids is 1. The number of aliphatic hydroxyl groups excluding tert-OH is 1. The van der Waals surface area contributed by atoms with Crippen molar-refractivity contribution in [2.24, 2.45) is 0 Å². The van der Waals surface area contributed by atoms with Crippen molar-refractivity contribution in [3.05, 3.63) is 0 Å². The number of aliphatic hydroxyl groups is 1. The molecule has 4 heteroatoms. The van der Waals surface area contributed by atoms with E-state index in [1.165, 1.54) is 12.8 Å². The van der Waals surface area contributed by atoms with Crippen molar-refractivity contribution in [3.8, 4) is 12.3 Å². The van der Waals surface area contributed by atoms with Gasteiger partial charge in [-0.15, -0.1) is 6.42 Å². The van der Waals surface area contributed by atoms with E-state index in [0.717, 1.165) is 12.8 Å². The lowest BCUT2D eigenvalue weighted by Crippen LogP contribution is -2.45. The molecule has 0 spiro atoms. The lowest BCUT2D eigenvalue weighted by atomic mass is 10.2. The minimum Gasteiger partial charge on any atom is -0.395 e. The van der Waals surface area contributed by atoms with E-state index in [1.807, 2.05) is 0 Å². The maximum Gasteiger partial charge on any atom is 0.236 e. The van der Waals surface area contributed by atoms with Crippen molar-refractivity contribution >= 4 is 5.91 Å². The Hall–Kier alpha value is -1.05. The van der Waals surface area contributed by atoms with Crippen LogP contribution in [0.2, 0.25) is 0 Å². The number of terminal acetylenes is 1. The van der Waals surface area contributed by atoms with Crippen LogP contribution in [0.5, 0.6) is 0 Å². The Morgan fingerprint density at radius 2 is 2.19 bits per heavy atom. The molecule has 1 aliphatic carbocycles. The Kier molecular flexibility index (Phi) is 5.91. The third kappa shape index (κ3) is 3.84. The number of carbonyl (C=O) groups is 1. The summed E-state index contributed by atoms with van der Waals surface area (Å²) in [7, 11) is 0. The summed E-state index contributed by atoms with van der Waals surface area (Å²) in [6, 6.07) is 0.312. The van der Waals surface area contributed by atoms with Gasteiger partial charge in [0, 0.05) is 12.6 Å². The first-order valence-electron chi connectivity index (χ1n) is 5.84. The van der Waals surface area contributed by atoms with Gasteiger partial charge in [-0.25, -0.2) is 0 Å². The van der Waals surface area contributed by atoms with Crippen molar-refractivity contribution in [2.75, 3.05) is 26.2 Å². The lowest BCUT2D eigenvalue weighted by Gasteiger charge is -2.28. The minimum atomic E-state index is 0.0252. The molecule has 1 saturated carbocycles. The molecule has 0 aromatic carbocycles. The Morgan fingerprint density at radius 1 is 1.50 bits per heavy atom. The van der Waals surface area contributed by atoms with Crippen molar-refractivity contribution in [1.82, 2.24) is 10.2 Å².